The third-order valence-corrected chi connectivity index (χ3v) is 4.99. The van der Waals surface area contributed by atoms with Crippen LogP contribution < -0.4 is 0 Å². The van der Waals surface area contributed by atoms with Crippen LogP contribution in [0.25, 0.3) is 0 Å². The molecule has 1 unspecified atom stereocenters. The summed E-state index contributed by atoms with van der Waals surface area (Å²) in [5, 5.41) is 8.51. The van der Waals surface area contributed by atoms with Gasteiger partial charge in [-0.2, -0.15) is 0 Å². The predicted octanol–water partition coefficient (Wildman–Crippen LogP) is 0.539. The van der Waals surface area contributed by atoms with E-state index in [0.29, 0.717) is 19.7 Å². The highest BCUT2D eigenvalue weighted by atomic mass is 32.2. The quantitative estimate of drug-likeness (QED) is 0.735. The minimum absolute atomic E-state index is 0.0843. The fraction of sp³-hybridized carbons (Fsp3) is 0.909. The molecule has 0 bridgehead atoms. The monoisotopic (exact) mass is 279 g/mol. The number of rotatable bonds is 7. The Morgan fingerprint density at radius 2 is 2.22 bits per heavy atom. The maximum absolute atomic E-state index is 12.0. The zero-order valence-electron chi connectivity index (χ0n) is 10.7. The molecular weight excluding hydrogens is 258 g/mol. The molecule has 6 nitrogen and oxygen atoms in total. The van der Waals surface area contributed by atoms with Crippen molar-refractivity contribution in [1.29, 1.82) is 0 Å². The highest BCUT2D eigenvalue weighted by Crippen LogP contribution is 2.20. The summed E-state index contributed by atoms with van der Waals surface area (Å²) >= 11 is 0. The molecule has 1 rings (SSSR count). The van der Waals surface area contributed by atoms with E-state index in [1.165, 1.54) is 4.31 Å². The molecular formula is C11H21NO5S. The van der Waals surface area contributed by atoms with Gasteiger partial charge in [0.25, 0.3) is 0 Å². The van der Waals surface area contributed by atoms with E-state index in [2.05, 4.69) is 0 Å². The van der Waals surface area contributed by atoms with Crippen molar-refractivity contribution in [2.75, 3.05) is 32.6 Å². The van der Waals surface area contributed by atoms with Crippen LogP contribution in [-0.2, 0) is 19.6 Å². The summed E-state index contributed by atoms with van der Waals surface area (Å²) in [5.41, 5.74) is 0. The van der Waals surface area contributed by atoms with Crippen molar-refractivity contribution in [1.82, 2.24) is 4.31 Å². The van der Waals surface area contributed by atoms with Crippen LogP contribution >= 0.6 is 0 Å². The number of sulfonamides is 1. The zero-order valence-corrected chi connectivity index (χ0v) is 11.5. The number of piperidine rings is 1. The lowest BCUT2D eigenvalue weighted by molar-refractivity contribution is -0.137. The van der Waals surface area contributed by atoms with Gasteiger partial charge in [0.15, 0.2) is 0 Å². The van der Waals surface area contributed by atoms with E-state index in [-0.39, 0.29) is 24.5 Å². The molecule has 0 aliphatic carbocycles. The Morgan fingerprint density at radius 3 is 2.83 bits per heavy atom. The van der Waals surface area contributed by atoms with Gasteiger partial charge in [0.2, 0.25) is 10.0 Å². The number of ether oxygens (including phenoxy) is 1. The number of nitrogens with zero attached hydrogens (tertiary/aromatic N) is 1. The van der Waals surface area contributed by atoms with Gasteiger partial charge >= 0.3 is 5.97 Å². The smallest absolute Gasteiger partial charge is 0.303 e. The Labute approximate surface area is 108 Å². The molecule has 1 aliphatic rings. The van der Waals surface area contributed by atoms with Gasteiger partial charge in [0, 0.05) is 26.6 Å². The first kappa shape index (κ1) is 15.4. The topological polar surface area (TPSA) is 83.9 Å². The molecule has 1 N–H and O–H groups in total. The van der Waals surface area contributed by atoms with E-state index >= 15 is 0 Å². The second-order valence-electron chi connectivity index (χ2n) is 4.63. The highest BCUT2D eigenvalue weighted by molar-refractivity contribution is 7.89. The fourth-order valence-corrected chi connectivity index (χ4v) is 3.80. The average molecular weight is 279 g/mol. The SMILES string of the molecule is COCC1CCCN(S(=O)(=O)CCCC(=O)O)C1. The van der Waals surface area contributed by atoms with Crippen molar-refractivity contribution in [3.8, 4) is 0 Å². The molecule has 1 fully saturated rings. The molecule has 1 atom stereocenters. The standard InChI is InChI=1S/C11H21NO5S/c1-17-9-10-4-2-6-12(8-10)18(15,16)7-3-5-11(13)14/h10H,2-9H2,1H3,(H,13,14). The lowest BCUT2D eigenvalue weighted by Gasteiger charge is -2.31. The number of hydrogen-bond acceptors (Lipinski definition) is 4. The van der Waals surface area contributed by atoms with E-state index in [9.17, 15) is 13.2 Å². The predicted molar refractivity (Wildman–Crippen MR) is 66.8 cm³/mol. The number of carboxylic acid groups (broad SMARTS) is 1. The van der Waals surface area contributed by atoms with Crippen LogP contribution in [-0.4, -0.2) is 56.4 Å². The van der Waals surface area contributed by atoms with Crippen LogP contribution in [0.4, 0.5) is 0 Å². The van der Waals surface area contributed by atoms with Gasteiger partial charge in [-0.05, 0) is 25.2 Å². The van der Waals surface area contributed by atoms with Crippen molar-refractivity contribution >= 4 is 16.0 Å². The molecule has 1 aliphatic heterocycles. The minimum Gasteiger partial charge on any atom is -0.481 e. The molecule has 0 aromatic heterocycles. The maximum atomic E-state index is 12.0. The van der Waals surface area contributed by atoms with Crippen LogP contribution in [0.5, 0.6) is 0 Å². The first-order valence-corrected chi connectivity index (χ1v) is 7.75. The second-order valence-corrected chi connectivity index (χ2v) is 6.72. The number of hydrogen-bond donors (Lipinski definition) is 1. The highest BCUT2D eigenvalue weighted by Gasteiger charge is 2.28. The lowest BCUT2D eigenvalue weighted by atomic mass is 10.0. The number of methoxy groups -OCH3 is 1. The van der Waals surface area contributed by atoms with Crippen LogP contribution in [0, 0.1) is 5.92 Å². The molecule has 7 heteroatoms. The Bertz CT molecular complexity index is 366. The number of carboxylic acids is 1. The fourth-order valence-electron chi connectivity index (χ4n) is 2.19. The van der Waals surface area contributed by atoms with E-state index in [1.54, 1.807) is 7.11 Å². The van der Waals surface area contributed by atoms with Gasteiger partial charge in [-0.15, -0.1) is 0 Å². The second kappa shape index (κ2) is 7.06. The first-order valence-electron chi connectivity index (χ1n) is 6.14. The summed E-state index contributed by atoms with van der Waals surface area (Å²) in [6.07, 6.45) is 1.89. The summed E-state index contributed by atoms with van der Waals surface area (Å²) in [4.78, 5) is 10.4. The Morgan fingerprint density at radius 1 is 1.50 bits per heavy atom. The third kappa shape index (κ3) is 4.91. The van der Waals surface area contributed by atoms with Crippen LogP contribution in [0.3, 0.4) is 0 Å². The minimum atomic E-state index is -3.32. The van der Waals surface area contributed by atoms with Gasteiger partial charge in [-0.3, -0.25) is 4.79 Å². The Kier molecular flexibility index (Phi) is 6.04. The Balaban J connectivity index is 2.48. The van der Waals surface area contributed by atoms with Gasteiger partial charge in [0.1, 0.15) is 0 Å². The van der Waals surface area contributed by atoms with Crippen LogP contribution in [0.15, 0.2) is 0 Å². The Hall–Kier alpha value is -0.660. The third-order valence-electron chi connectivity index (χ3n) is 3.07. The van der Waals surface area contributed by atoms with Crippen molar-refractivity contribution < 1.29 is 23.1 Å². The number of aliphatic carboxylic acids is 1. The largest absolute Gasteiger partial charge is 0.481 e. The van der Waals surface area contributed by atoms with Gasteiger partial charge in [-0.25, -0.2) is 12.7 Å². The molecule has 0 aromatic rings. The summed E-state index contributed by atoms with van der Waals surface area (Å²) in [7, 11) is -1.70. The molecule has 0 saturated carbocycles. The molecule has 0 spiro atoms. The molecule has 106 valence electrons. The van der Waals surface area contributed by atoms with Gasteiger partial charge in [0.05, 0.1) is 12.4 Å². The lowest BCUT2D eigenvalue weighted by Crippen LogP contribution is -2.42. The van der Waals surface area contributed by atoms with Crippen molar-refractivity contribution in [3.05, 3.63) is 0 Å². The zero-order chi connectivity index (χ0) is 13.6. The van der Waals surface area contributed by atoms with Crippen LogP contribution in [0.2, 0.25) is 0 Å². The van der Waals surface area contributed by atoms with E-state index < -0.39 is 16.0 Å². The number of carbonyl (C=O) groups is 1. The molecule has 18 heavy (non-hydrogen) atoms. The molecule has 1 heterocycles. The summed E-state index contributed by atoms with van der Waals surface area (Å²) in [6.45, 7) is 1.60. The van der Waals surface area contributed by atoms with Crippen LogP contribution in [0.1, 0.15) is 25.7 Å². The summed E-state index contributed by atoms with van der Waals surface area (Å²) in [6, 6.07) is 0. The normalized spacial score (nSPS) is 21.9. The molecule has 1 saturated heterocycles. The molecule has 0 radical (unpaired) electrons. The van der Waals surface area contributed by atoms with E-state index in [0.717, 1.165) is 12.8 Å². The maximum Gasteiger partial charge on any atom is 0.303 e. The summed E-state index contributed by atoms with van der Waals surface area (Å²) < 4.78 is 30.5. The summed E-state index contributed by atoms with van der Waals surface area (Å²) in [5.74, 6) is -0.793. The van der Waals surface area contributed by atoms with Crippen molar-refractivity contribution in [2.45, 2.75) is 25.7 Å². The van der Waals surface area contributed by atoms with Gasteiger partial charge in [-0.1, -0.05) is 0 Å². The van der Waals surface area contributed by atoms with Gasteiger partial charge < -0.3 is 9.84 Å². The van der Waals surface area contributed by atoms with E-state index in [1.807, 2.05) is 0 Å². The molecule has 0 amide bonds. The molecule has 0 aromatic carbocycles. The average Bonchev–Trinajstić information content (AvgIpc) is 2.29. The van der Waals surface area contributed by atoms with E-state index in [4.69, 9.17) is 9.84 Å². The van der Waals surface area contributed by atoms with Crippen molar-refractivity contribution in [2.24, 2.45) is 5.92 Å². The first-order chi connectivity index (χ1) is 8.45. The van der Waals surface area contributed by atoms with Crippen molar-refractivity contribution in [3.63, 3.8) is 0 Å².